The number of methoxy groups -OCH3 is 3. The van der Waals surface area contributed by atoms with Crippen molar-refractivity contribution in [3.63, 3.8) is 0 Å². The zero-order valence-electron chi connectivity index (χ0n) is 14.2. The highest BCUT2D eigenvalue weighted by molar-refractivity contribution is 5.91. The second kappa shape index (κ2) is 6.97. The fraction of sp³-hybridized carbons (Fsp3) is 0.158. The summed E-state index contributed by atoms with van der Waals surface area (Å²) >= 11 is 0. The Bertz CT molecular complexity index is 950. The Morgan fingerprint density at radius 3 is 2.36 bits per heavy atom. The Labute approximate surface area is 145 Å². The van der Waals surface area contributed by atoms with E-state index in [0.29, 0.717) is 34.2 Å². The van der Waals surface area contributed by atoms with Gasteiger partial charge in [0.25, 0.3) is 0 Å². The molecule has 6 heteroatoms. The summed E-state index contributed by atoms with van der Waals surface area (Å²) in [7, 11) is 4.68. The number of para-hydroxylation sites is 2. The molecule has 6 nitrogen and oxygen atoms in total. The standard InChI is InChI=1S/C19H17N3O3/c1-23-16-10-18(25-3)17(24-2)9-12(16)8-13(11-20)19-21-14-6-4-5-7-15(14)22-19/h4-10H,1-3H3,(H,21,22)/b13-8-. The van der Waals surface area contributed by atoms with Crippen molar-refractivity contribution in [3.8, 4) is 23.3 Å². The Hall–Kier alpha value is -3.46. The molecule has 0 saturated carbocycles. The topological polar surface area (TPSA) is 80.2 Å². The highest BCUT2D eigenvalue weighted by Gasteiger charge is 2.13. The monoisotopic (exact) mass is 335 g/mol. The minimum Gasteiger partial charge on any atom is -0.496 e. The van der Waals surface area contributed by atoms with Crippen LogP contribution in [0, 0.1) is 11.3 Å². The van der Waals surface area contributed by atoms with Gasteiger partial charge in [0.05, 0.1) is 37.9 Å². The molecular formula is C19H17N3O3. The first-order valence-corrected chi connectivity index (χ1v) is 7.57. The maximum atomic E-state index is 9.58. The van der Waals surface area contributed by atoms with Crippen LogP contribution in [-0.2, 0) is 0 Å². The third-order valence-corrected chi connectivity index (χ3v) is 3.80. The fourth-order valence-corrected chi connectivity index (χ4v) is 2.56. The molecule has 126 valence electrons. The predicted molar refractivity (Wildman–Crippen MR) is 95.7 cm³/mol. The molecule has 1 N–H and O–H groups in total. The number of fused-ring (bicyclic) bond motifs is 1. The van der Waals surface area contributed by atoms with Crippen molar-refractivity contribution in [2.75, 3.05) is 21.3 Å². The number of hydrogen-bond donors (Lipinski definition) is 1. The SMILES string of the molecule is COc1cc(OC)c(OC)cc1/C=C(/C#N)c1nc2ccccc2[nH]1. The molecule has 0 aliphatic carbocycles. The highest BCUT2D eigenvalue weighted by atomic mass is 16.5. The lowest BCUT2D eigenvalue weighted by molar-refractivity contribution is 0.348. The summed E-state index contributed by atoms with van der Waals surface area (Å²) in [5, 5.41) is 9.58. The zero-order valence-corrected chi connectivity index (χ0v) is 14.2. The minimum absolute atomic E-state index is 0.390. The van der Waals surface area contributed by atoms with Crippen LogP contribution in [0.4, 0.5) is 0 Å². The van der Waals surface area contributed by atoms with Gasteiger partial charge in [-0.25, -0.2) is 4.98 Å². The molecule has 0 spiro atoms. The van der Waals surface area contributed by atoms with E-state index in [0.717, 1.165) is 11.0 Å². The molecule has 0 amide bonds. The predicted octanol–water partition coefficient (Wildman–Crippen LogP) is 3.65. The molecule has 0 unspecified atom stereocenters. The van der Waals surface area contributed by atoms with Gasteiger partial charge < -0.3 is 19.2 Å². The number of benzene rings is 2. The quantitative estimate of drug-likeness (QED) is 0.720. The molecule has 0 atom stereocenters. The second-order valence-corrected chi connectivity index (χ2v) is 5.22. The molecule has 0 radical (unpaired) electrons. The largest absolute Gasteiger partial charge is 0.496 e. The van der Waals surface area contributed by atoms with E-state index in [-0.39, 0.29) is 0 Å². The summed E-state index contributed by atoms with van der Waals surface area (Å²) < 4.78 is 16.0. The average molecular weight is 335 g/mol. The lowest BCUT2D eigenvalue weighted by atomic mass is 10.1. The lowest BCUT2D eigenvalue weighted by Crippen LogP contribution is -1.95. The van der Waals surface area contributed by atoms with Crippen LogP contribution in [-0.4, -0.2) is 31.3 Å². The maximum Gasteiger partial charge on any atom is 0.164 e. The smallest absolute Gasteiger partial charge is 0.164 e. The minimum atomic E-state index is 0.390. The molecule has 3 aromatic rings. The van der Waals surface area contributed by atoms with Crippen molar-refractivity contribution in [3.05, 3.63) is 47.8 Å². The summed E-state index contributed by atoms with van der Waals surface area (Å²) in [5.41, 5.74) is 2.76. The van der Waals surface area contributed by atoms with Crippen molar-refractivity contribution in [1.29, 1.82) is 5.26 Å². The van der Waals surface area contributed by atoms with Gasteiger partial charge in [0, 0.05) is 11.6 Å². The maximum absolute atomic E-state index is 9.58. The number of aromatic amines is 1. The highest BCUT2D eigenvalue weighted by Crippen LogP contribution is 2.36. The van der Waals surface area contributed by atoms with Crippen LogP contribution in [0.15, 0.2) is 36.4 Å². The van der Waals surface area contributed by atoms with E-state index in [4.69, 9.17) is 14.2 Å². The van der Waals surface area contributed by atoms with E-state index in [1.54, 1.807) is 39.5 Å². The molecule has 25 heavy (non-hydrogen) atoms. The van der Waals surface area contributed by atoms with Crippen LogP contribution in [0.3, 0.4) is 0 Å². The lowest BCUT2D eigenvalue weighted by Gasteiger charge is -2.12. The zero-order chi connectivity index (χ0) is 17.8. The van der Waals surface area contributed by atoms with Gasteiger partial charge in [-0.05, 0) is 24.3 Å². The number of nitriles is 1. The second-order valence-electron chi connectivity index (χ2n) is 5.22. The number of aromatic nitrogens is 2. The van der Waals surface area contributed by atoms with Gasteiger partial charge in [0.15, 0.2) is 11.5 Å². The third-order valence-electron chi connectivity index (χ3n) is 3.80. The normalized spacial score (nSPS) is 11.2. The molecule has 1 heterocycles. The van der Waals surface area contributed by atoms with Crippen LogP contribution in [0.1, 0.15) is 11.4 Å². The Morgan fingerprint density at radius 1 is 1.04 bits per heavy atom. The van der Waals surface area contributed by atoms with Crippen LogP contribution in [0.5, 0.6) is 17.2 Å². The van der Waals surface area contributed by atoms with E-state index in [9.17, 15) is 5.26 Å². The van der Waals surface area contributed by atoms with Crippen molar-refractivity contribution in [2.24, 2.45) is 0 Å². The number of allylic oxidation sites excluding steroid dienone is 1. The van der Waals surface area contributed by atoms with Gasteiger partial charge in [0.2, 0.25) is 0 Å². The van der Waals surface area contributed by atoms with Crippen molar-refractivity contribution in [2.45, 2.75) is 0 Å². The van der Waals surface area contributed by atoms with Gasteiger partial charge in [-0.3, -0.25) is 0 Å². The Kier molecular flexibility index (Phi) is 4.57. The van der Waals surface area contributed by atoms with E-state index >= 15 is 0 Å². The molecule has 3 rings (SSSR count). The van der Waals surface area contributed by atoms with Crippen LogP contribution in [0.25, 0.3) is 22.7 Å². The first kappa shape index (κ1) is 16.4. The van der Waals surface area contributed by atoms with E-state index < -0.39 is 0 Å². The molecule has 2 aromatic carbocycles. The van der Waals surface area contributed by atoms with Crippen molar-refractivity contribution in [1.82, 2.24) is 9.97 Å². The summed E-state index contributed by atoms with van der Waals surface area (Å²) in [5.74, 6) is 2.18. The van der Waals surface area contributed by atoms with Gasteiger partial charge in [-0.15, -0.1) is 0 Å². The average Bonchev–Trinajstić information content (AvgIpc) is 3.09. The van der Waals surface area contributed by atoms with E-state index in [1.165, 1.54) is 0 Å². The number of imidazole rings is 1. The van der Waals surface area contributed by atoms with Gasteiger partial charge >= 0.3 is 0 Å². The number of H-pyrrole nitrogens is 1. The van der Waals surface area contributed by atoms with Gasteiger partial charge in [0.1, 0.15) is 17.6 Å². The number of nitrogens with one attached hydrogen (secondary N) is 1. The first-order chi connectivity index (χ1) is 12.2. The molecule has 1 aromatic heterocycles. The molecular weight excluding hydrogens is 318 g/mol. The van der Waals surface area contributed by atoms with Crippen LogP contribution in [0.2, 0.25) is 0 Å². The van der Waals surface area contributed by atoms with Crippen LogP contribution >= 0.6 is 0 Å². The fourth-order valence-electron chi connectivity index (χ4n) is 2.56. The number of hydrogen-bond acceptors (Lipinski definition) is 5. The Balaban J connectivity index is 2.12. The molecule has 0 bridgehead atoms. The van der Waals surface area contributed by atoms with Crippen molar-refractivity contribution >= 4 is 22.7 Å². The Morgan fingerprint density at radius 2 is 1.72 bits per heavy atom. The van der Waals surface area contributed by atoms with Crippen LogP contribution < -0.4 is 14.2 Å². The van der Waals surface area contributed by atoms with Crippen molar-refractivity contribution < 1.29 is 14.2 Å². The third kappa shape index (κ3) is 3.12. The summed E-state index contributed by atoms with van der Waals surface area (Å²) in [6.07, 6.45) is 1.71. The molecule has 0 aliphatic rings. The number of rotatable bonds is 5. The van der Waals surface area contributed by atoms with Gasteiger partial charge in [-0.1, -0.05) is 12.1 Å². The van der Waals surface area contributed by atoms with E-state index in [1.807, 2.05) is 24.3 Å². The summed E-state index contributed by atoms with van der Waals surface area (Å²) in [6.45, 7) is 0. The molecule has 0 fully saturated rings. The number of ether oxygens (including phenoxy) is 3. The molecule has 0 aliphatic heterocycles. The number of nitrogens with zero attached hydrogens (tertiary/aromatic N) is 2. The molecule has 0 saturated heterocycles. The summed E-state index contributed by atoms with van der Waals surface area (Å²) in [4.78, 5) is 7.63. The van der Waals surface area contributed by atoms with Gasteiger partial charge in [-0.2, -0.15) is 5.26 Å². The summed E-state index contributed by atoms with van der Waals surface area (Å²) in [6, 6.07) is 13.3. The van der Waals surface area contributed by atoms with E-state index in [2.05, 4.69) is 16.0 Å². The first-order valence-electron chi connectivity index (χ1n) is 7.57.